The zero-order chi connectivity index (χ0) is 13.5. The van der Waals surface area contributed by atoms with Crippen molar-refractivity contribution in [3.8, 4) is 5.75 Å². The van der Waals surface area contributed by atoms with Crippen LogP contribution in [0.15, 0.2) is 24.3 Å². The van der Waals surface area contributed by atoms with Gasteiger partial charge in [0.1, 0.15) is 5.75 Å². The van der Waals surface area contributed by atoms with Crippen molar-refractivity contribution in [2.24, 2.45) is 5.92 Å². The van der Waals surface area contributed by atoms with E-state index < -0.39 is 0 Å². The van der Waals surface area contributed by atoms with E-state index >= 15 is 0 Å². The molecule has 0 spiro atoms. The Bertz CT molecular complexity index is 352. The summed E-state index contributed by atoms with van der Waals surface area (Å²) in [5, 5.41) is 3.34. The molecule has 0 aromatic heterocycles. The lowest BCUT2D eigenvalue weighted by molar-refractivity contribution is 0.0340. The fourth-order valence-electron chi connectivity index (χ4n) is 2.31. The largest absolute Gasteiger partial charge is 0.494 e. The highest BCUT2D eigenvalue weighted by Gasteiger charge is 2.26. The van der Waals surface area contributed by atoms with Gasteiger partial charge in [-0.2, -0.15) is 0 Å². The van der Waals surface area contributed by atoms with Crippen molar-refractivity contribution in [3.05, 3.63) is 29.8 Å². The third-order valence-corrected chi connectivity index (χ3v) is 3.12. The molecular formula is C15H25NO2. The highest BCUT2D eigenvalue weighted by Crippen LogP contribution is 2.30. The number of benzene rings is 1. The molecule has 0 aliphatic heterocycles. The standard InChI is InChI=1S/C15H25NO2/c1-6-18-13-10-8-7-9-12(13)14(16-4)15(17-5)11(2)3/h7-11,14-16H,6H2,1-5H3. The fourth-order valence-corrected chi connectivity index (χ4v) is 2.31. The molecule has 0 fully saturated rings. The molecule has 0 amide bonds. The zero-order valence-corrected chi connectivity index (χ0v) is 12.1. The highest BCUT2D eigenvalue weighted by atomic mass is 16.5. The molecule has 1 aromatic rings. The van der Waals surface area contributed by atoms with Crippen molar-refractivity contribution >= 4 is 0 Å². The maximum absolute atomic E-state index is 5.70. The minimum atomic E-state index is 0.122. The Kier molecular flexibility index (Phi) is 6.16. The van der Waals surface area contributed by atoms with Gasteiger partial charge in [0.15, 0.2) is 0 Å². The van der Waals surface area contributed by atoms with Gasteiger partial charge in [-0.05, 0) is 26.0 Å². The van der Waals surface area contributed by atoms with Gasteiger partial charge in [-0.15, -0.1) is 0 Å². The summed E-state index contributed by atoms with van der Waals surface area (Å²) in [6.07, 6.45) is 0.122. The number of hydrogen-bond acceptors (Lipinski definition) is 3. The molecule has 102 valence electrons. The summed E-state index contributed by atoms with van der Waals surface area (Å²) in [6.45, 7) is 7.01. The van der Waals surface area contributed by atoms with E-state index in [1.807, 2.05) is 32.2 Å². The zero-order valence-electron chi connectivity index (χ0n) is 12.1. The minimum absolute atomic E-state index is 0.122. The second kappa shape index (κ2) is 7.39. The van der Waals surface area contributed by atoms with Crippen LogP contribution in [0.25, 0.3) is 0 Å². The van der Waals surface area contributed by atoms with Crippen molar-refractivity contribution < 1.29 is 9.47 Å². The molecule has 0 saturated heterocycles. The monoisotopic (exact) mass is 251 g/mol. The average molecular weight is 251 g/mol. The van der Waals surface area contributed by atoms with Crippen molar-refractivity contribution in [3.63, 3.8) is 0 Å². The molecule has 1 aromatic carbocycles. The first kappa shape index (κ1) is 15.0. The Morgan fingerprint density at radius 1 is 1.22 bits per heavy atom. The van der Waals surface area contributed by atoms with Gasteiger partial charge in [-0.25, -0.2) is 0 Å². The number of methoxy groups -OCH3 is 1. The molecule has 0 bridgehead atoms. The third-order valence-electron chi connectivity index (χ3n) is 3.12. The molecule has 3 heteroatoms. The van der Waals surface area contributed by atoms with Crippen LogP contribution in [-0.2, 0) is 4.74 Å². The lowest BCUT2D eigenvalue weighted by Gasteiger charge is -2.30. The normalized spacial score (nSPS) is 14.6. The lowest BCUT2D eigenvalue weighted by atomic mass is 9.93. The van der Waals surface area contributed by atoms with Crippen LogP contribution in [0, 0.1) is 5.92 Å². The van der Waals surface area contributed by atoms with Gasteiger partial charge < -0.3 is 14.8 Å². The van der Waals surface area contributed by atoms with Gasteiger partial charge >= 0.3 is 0 Å². The molecule has 1 rings (SSSR count). The Morgan fingerprint density at radius 3 is 2.39 bits per heavy atom. The molecule has 0 heterocycles. The minimum Gasteiger partial charge on any atom is -0.494 e. The fraction of sp³-hybridized carbons (Fsp3) is 0.600. The van der Waals surface area contributed by atoms with E-state index in [-0.39, 0.29) is 12.1 Å². The Hall–Kier alpha value is -1.06. The summed E-state index contributed by atoms with van der Waals surface area (Å²) in [7, 11) is 3.72. The first-order valence-corrected chi connectivity index (χ1v) is 6.57. The van der Waals surface area contributed by atoms with Crippen LogP contribution >= 0.6 is 0 Å². The molecule has 2 unspecified atom stereocenters. The van der Waals surface area contributed by atoms with Gasteiger partial charge in [-0.1, -0.05) is 32.0 Å². The van der Waals surface area contributed by atoms with E-state index in [4.69, 9.17) is 9.47 Å². The lowest BCUT2D eigenvalue weighted by Crippen LogP contribution is -2.35. The molecular weight excluding hydrogens is 226 g/mol. The second-order valence-corrected chi connectivity index (χ2v) is 4.68. The summed E-state index contributed by atoms with van der Waals surface area (Å²) in [6, 6.07) is 8.28. The summed E-state index contributed by atoms with van der Waals surface area (Å²) in [4.78, 5) is 0. The molecule has 3 nitrogen and oxygen atoms in total. The maximum atomic E-state index is 5.70. The quantitative estimate of drug-likeness (QED) is 0.808. The molecule has 18 heavy (non-hydrogen) atoms. The summed E-state index contributed by atoms with van der Waals surface area (Å²) < 4.78 is 11.3. The summed E-state index contributed by atoms with van der Waals surface area (Å²) in [5.41, 5.74) is 1.16. The number of likely N-dealkylation sites (N-methyl/N-ethyl adjacent to an activating group) is 1. The van der Waals surface area contributed by atoms with E-state index in [0.717, 1.165) is 11.3 Å². The molecule has 0 saturated carbocycles. The molecule has 0 aliphatic carbocycles. The topological polar surface area (TPSA) is 30.5 Å². The number of ether oxygens (including phenoxy) is 2. The van der Waals surface area contributed by atoms with Gasteiger partial charge in [0, 0.05) is 12.7 Å². The van der Waals surface area contributed by atoms with Crippen LogP contribution in [0.4, 0.5) is 0 Å². The van der Waals surface area contributed by atoms with Gasteiger partial charge in [0.25, 0.3) is 0 Å². The highest BCUT2D eigenvalue weighted by molar-refractivity contribution is 5.36. The van der Waals surface area contributed by atoms with E-state index in [2.05, 4.69) is 25.2 Å². The number of para-hydroxylation sites is 1. The van der Waals surface area contributed by atoms with Crippen molar-refractivity contribution in [1.29, 1.82) is 0 Å². The smallest absolute Gasteiger partial charge is 0.124 e. The first-order chi connectivity index (χ1) is 8.65. The van der Waals surface area contributed by atoms with E-state index in [1.54, 1.807) is 7.11 Å². The summed E-state index contributed by atoms with van der Waals surface area (Å²) >= 11 is 0. The van der Waals surface area contributed by atoms with Crippen LogP contribution in [0.2, 0.25) is 0 Å². The van der Waals surface area contributed by atoms with E-state index in [0.29, 0.717) is 12.5 Å². The van der Waals surface area contributed by atoms with Crippen LogP contribution < -0.4 is 10.1 Å². The average Bonchev–Trinajstić information content (AvgIpc) is 2.36. The Labute approximate surface area is 110 Å². The van der Waals surface area contributed by atoms with Crippen LogP contribution in [0.3, 0.4) is 0 Å². The van der Waals surface area contributed by atoms with Crippen molar-refractivity contribution in [1.82, 2.24) is 5.32 Å². The first-order valence-electron chi connectivity index (χ1n) is 6.57. The van der Waals surface area contributed by atoms with Gasteiger partial charge in [-0.3, -0.25) is 0 Å². The predicted octanol–water partition coefficient (Wildman–Crippen LogP) is 3.02. The van der Waals surface area contributed by atoms with Crippen molar-refractivity contribution in [2.45, 2.75) is 32.9 Å². The molecule has 2 atom stereocenters. The number of nitrogens with one attached hydrogen (secondary N) is 1. The predicted molar refractivity (Wildman–Crippen MR) is 75.0 cm³/mol. The SMILES string of the molecule is CCOc1ccccc1C(NC)C(OC)C(C)C. The molecule has 1 N–H and O–H groups in total. The Balaban J connectivity index is 3.07. The number of rotatable bonds is 7. The Morgan fingerprint density at radius 2 is 1.89 bits per heavy atom. The molecule has 0 radical (unpaired) electrons. The maximum Gasteiger partial charge on any atom is 0.124 e. The van der Waals surface area contributed by atoms with Gasteiger partial charge in [0.2, 0.25) is 0 Å². The van der Waals surface area contributed by atoms with Crippen molar-refractivity contribution in [2.75, 3.05) is 20.8 Å². The van der Waals surface area contributed by atoms with Crippen LogP contribution in [-0.4, -0.2) is 26.9 Å². The molecule has 0 aliphatic rings. The van der Waals surface area contributed by atoms with Crippen LogP contribution in [0.5, 0.6) is 5.75 Å². The summed E-state index contributed by atoms with van der Waals surface area (Å²) in [5.74, 6) is 1.36. The van der Waals surface area contributed by atoms with E-state index in [9.17, 15) is 0 Å². The van der Waals surface area contributed by atoms with Crippen LogP contribution in [0.1, 0.15) is 32.4 Å². The second-order valence-electron chi connectivity index (χ2n) is 4.68. The third kappa shape index (κ3) is 3.47. The van der Waals surface area contributed by atoms with E-state index in [1.165, 1.54) is 0 Å². The van der Waals surface area contributed by atoms with Gasteiger partial charge in [0.05, 0.1) is 18.8 Å². The number of hydrogen-bond donors (Lipinski definition) is 1.